The quantitative estimate of drug-likeness (QED) is 0.597. The summed E-state index contributed by atoms with van der Waals surface area (Å²) >= 11 is 0. The normalized spacial score (nSPS) is 15.7. The van der Waals surface area contributed by atoms with Crippen molar-refractivity contribution >= 4 is 5.69 Å². The molecule has 6 heteroatoms. The third kappa shape index (κ3) is 1.99. The van der Waals surface area contributed by atoms with Crippen molar-refractivity contribution < 1.29 is 19.5 Å². The van der Waals surface area contributed by atoms with Crippen molar-refractivity contribution in [3.05, 3.63) is 28.3 Å². The highest BCUT2D eigenvalue weighted by atomic mass is 16.6. The van der Waals surface area contributed by atoms with Gasteiger partial charge in [0.1, 0.15) is 11.9 Å². The molecule has 1 fully saturated rings. The largest absolute Gasteiger partial charge is 0.502 e. The minimum absolute atomic E-state index is 0.0471. The molecule has 0 aromatic heterocycles. The van der Waals surface area contributed by atoms with E-state index in [2.05, 4.69) is 0 Å². The van der Waals surface area contributed by atoms with Gasteiger partial charge < -0.3 is 14.6 Å². The number of phenols is 1. The van der Waals surface area contributed by atoms with E-state index in [1.54, 1.807) is 0 Å². The van der Waals surface area contributed by atoms with Crippen molar-refractivity contribution in [2.24, 2.45) is 0 Å². The molecule has 0 amide bonds. The fraction of sp³-hybridized carbons (Fsp3) is 0.333. The SMILES string of the molecule is O=[N+]([O-])c1cc(OC2COC2)ccc1O. The van der Waals surface area contributed by atoms with E-state index >= 15 is 0 Å². The summed E-state index contributed by atoms with van der Waals surface area (Å²) < 4.78 is 10.3. The summed E-state index contributed by atoms with van der Waals surface area (Å²) in [6.45, 7) is 0.989. The second-order valence-corrected chi connectivity index (χ2v) is 3.18. The van der Waals surface area contributed by atoms with E-state index in [0.29, 0.717) is 19.0 Å². The Morgan fingerprint density at radius 3 is 2.80 bits per heavy atom. The van der Waals surface area contributed by atoms with Crippen LogP contribution >= 0.6 is 0 Å². The van der Waals surface area contributed by atoms with Crippen LogP contribution in [0.3, 0.4) is 0 Å². The average Bonchev–Trinajstić information content (AvgIpc) is 2.13. The Bertz CT molecular complexity index is 388. The first-order valence-electron chi connectivity index (χ1n) is 4.38. The minimum Gasteiger partial charge on any atom is -0.502 e. The van der Waals surface area contributed by atoms with Gasteiger partial charge in [0.05, 0.1) is 24.2 Å². The Morgan fingerprint density at radius 2 is 2.27 bits per heavy atom. The first-order chi connectivity index (χ1) is 7.16. The monoisotopic (exact) mass is 211 g/mol. The second kappa shape index (κ2) is 3.74. The number of phenolic OH excluding ortho intramolecular Hbond substituents is 1. The maximum absolute atomic E-state index is 10.5. The smallest absolute Gasteiger partial charge is 0.314 e. The summed E-state index contributed by atoms with van der Waals surface area (Å²) in [6, 6.07) is 3.93. The van der Waals surface area contributed by atoms with Crippen molar-refractivity contribution in [3.8, 4) is 11.5 Å². The number of nitro benzene ring substituents is 1. The van der Waals surface area contributed by atoms with Crippen LogP contribution in [0.25, 0.3) is 0 Å². The van der Waals surface area contributed by atoms with Crippen molar-refractivity contribution in [1.82, 2.24) is 0 Å². The summed E-state index contributed by atoms with van der Waals surface area (Å²) in [5.41, 5.74) is -0.354. The molecule has 0 bridgehead atoms. The Hall–Kier alpha value is -1.82. The highest BCUT2D eigenvalue weighted by Gasteiger charge is 2.22. The number of aromatic hydroxyl groups is 1. The van der Waals surface area contributed by atoms with Crippen molar-refractivity contribution in [3.63, 3.8) is 0 Å². The molecule has 0 unspecified atom stereocenters. The Balaban J connectivity index is 2.17. The summed E-state index contributed by atoms with van der Waals surface area (Å²) in [5, 5.41) is 19.7. The first kappa shape index (κ1) is 9.72. The van der Waals surface area contributed by atoms with Gasteiger partial charge in [-0.3, -0.25) is 10.1 Å². The molecule has 15 heavy (non-hydrogen) atoms. The molecule has 0 atom stereocenters. The third-order valence-corrected chi connectivity index (χ3v) is 2.05. The van der Waals surface area contributed by atoms with Crippen LogP contribution in [-0.4, -0.2) is 29.3 Å². The predicted octanol–water partition coefficient (Wildman–Crippen LogP) is 1.08. The van der Waals surface area contributed by atoms with Crippen LogP contribution in [0.5, 0.6) is 11.5 Å². The maximum Gasteiger partial charge on any atom is 0.314 e. The lowest BCUT2D eigenvalue weighted by atomic mass is 10.2. The van der Waals surface area contributed by atoms with E-state index in [4.69, 9.17) is 9.47 Å². The Labute approximate surface area is 85.2 Å². The molecule has 1 aromatic carbocycles. The maximum atomic E-state index is 10.5. The van der Waals surface area contributed by atoms with Crippen LogP contribution in [0.15, 0.2) is 18.2 Å². The van der Waals surface area contributed by atoms with Gasteiger partial charge >= 0.3 is 5.69 Å². The van der Waals surface area contributed by atoms with E-state index in [1.165, 1.54) is 18.2 Å². The first-order valence-corrected chi connectivity index (χ1v) is 4.38. The Morgan fingerprint density at radius 1 is 1.53 bits per heavy atom. The number of hydrogen-bond acceptors (Lipinski definition) is 5. The van der Waals surface area contributed by atoms with Crippen LogP contribution < -0.4 is 4.74 Å². The van der Waals surface area contributed by atoms with Crippen LogP contribution in [0.1, 0.15) is 0 Å². The van der Waals surface area contributed by atoms with Gasteiger partial charge in [-0.1, -0.05) is 0 Å². The molecule has 0 aliphatic carbocycles. The molecule has 1 aromatic rings. The van der Waals surface area contributed by atoms with Gasteiger partial charge in [-0.05, 0) is 12.1 Å². The summed E-state index contributed by atoms with van der Waals surface area (Å²) in [7, 11) is 0. The molecule has 1 N–H and O–H groups in total. The van der Waals surface area contributed by atoms with Crippen LogP contribution in [0.2, 0.25) is 0 Å². The van der Waals surface area contributed by atoms with Crippen LogP contribution in [-0.2, 0) is 4.74 Å². The van der Waals surface area contributed by atoms with Crippen molar-refractivity contribution in [1.29, 1.82) is 0 Å². The summed E-state index contributed by atoms with van der Waals surface area (Å²) in [6.07, 6.45) is -0.0471. The molecule has 1 heterocycles. The Kier molecular flexibility index (Phi) is 2.42. The van der Waals surface area contributed by atoms with Crippen molar-refractivity contribution in [2.75, 3.05) is 13.2 Å². The zero-order valence-corrected chi connectivity index (χ0v) is 7.75. The van der Waals surface area contributed by atoms with E-state index in [-0.39, 0.29) is 17.5 Å². The number of nitrogens with zero attached hydrogens (tertiary/aromatic N) is 1. The number of nitro groups is 1. The summed E-state index contributed by atoms with van der Waals surface area (Å²) in [4.78, 5) is 9.86. The van der Waals surface area contributed by atoms with Gasteiger partial charge in [-0.25, -0.2) is 0 Å². The van der Waals surface area contributed by atoms with Gasteiger partial charge in [-0.15, -0.1) is 0 Å². The molecule has 1 aliphatic heterocycles. The van der Waals surface area contributed by atoms with Gasteiger partial charge in [0.25, 0.3) is 0 Å². The molecule has 0 saturated carbocycles. The number of ether oxygens (including phenoxy) is 2. The zero-order valence-electron chi connectivity index (χ0n) is 7.75. The molecular weight excluding hydrogens is 202 g/mol. The van der Waals surface area contributed by atoms with Gasteiger partial charge in [0.2, 0.25) is 0 Å². The zero-order chi connectivity index (χ0) is 10.8. The fourth-order valence-electron chi connectivity index (χ4n) is 1.20. The number of benzene rings is 1. The van der Waals surface area contributed by atoms with Gasteiger partial charge in [-0.2, -0.15) is 0 Å². The molecule has 2 rings (SSSR count). The van der Waals surface area contributed by atoms with E-state index in [9.17, 15) is 15.2 Å². The average molecular weight is 211 g/mol. The lowest BCUT2D eigenvalue weighted by Crippen LogP contribution is -2.38. The van der Waals surface area contributed by atoms with Crippen LogP contribution in [0, 0.1) is 10.1 Å². The highest BCUT2D eigenvalue weighted by Crippen LogP contribution is 2.30. The molecule has 1 saturated heterocycles. The highest BCUT2D eigenvalue weighted by molar-refractivity contribution is 5.49. The number of rotatable bonds is 3. The minimum atomic E-state index is -0.653. The topological polar surface area (TPSA) is 81.8 Å². The van der Waals surface area contributed by atoms with Crippen molar-refractivity contribution in [2.45, 2.75) is 6.10 Å². The second-order valence-electron chi connectivity index (χ2n) is 3.18. The summed E-state index contributed by atoms with van der Waals surface area (Å²) in [5.74, 6) is 0.00464. The third-order valence-electron chi connectivity index (χ3n) is 2.05. The van der Waals surface area contributed by atoms with E-state index < -0.39 is 4.92 Å². The van der Waals surface area contributed by atoms with E-state index in [1.807, 2.05) is 0 Å². The molecule has 0 radical (unpaired) electrons. The number of hydrogen-bond donors (Lipinski definition) is 1. The van der Waals surface area contributed by atoms with E-state index in [0.717, 1.165) is 0 Å². The molecular formula is C9H9NO5. The lowest BCUT2D eigenvalue weighted by molar-refractivity contribution is -0.386. The molecule has 0 spiro atoms. The van der Waals surface area contributed by atoms with Crippen LogP contribution in [0.4, 0.5) is 5.69 Å². The van der Waals surface area contributed by atoms with Gasteiger partial charge in [0, 0.05) is 0 Å². The molecule has 80 valence electrons. The molecule has 1 aliphatic rings. The standard InChI is InChI=1S/C9H9NO5/c11-9-2-1-6(3-8(9)10(12)13)15-7-4-14-5-7/h1-3,7,11H,4-5H2. The molecule has 6 nitrogen and oxygen atoms in total. The lowest BCUT2D eigenvalue weighted by Gasteiger charge is -2.26. The predicted molar refractivity (Wildman–Crippen MR) is 50.0 cm³/mol. The van der Waals surface area contributed by atoms with Gasteiger partial charge in [0.15, 0.2) is 5.75 Å². The fourth-order valence-corrected chi connectivity index (χ4v) is 1.20.